The largest absolute Gasteiger partial charge is 0.494 e. The van der Waals surface area contributed by atoms with E-state index in [1.165, 1.54) is 12.1 Å². The van der Waals surface area contributed by atoms with Gasteiger partial charge in [0.2, 0.25) is 6.23 Å². The third kappa shape index (κ3) is 3.48. The Morgan fingerprint density at radius 3 is 2.61 bits per heavy atom. The summed E-state index contributed by atoms with van der Waals surface area (Å²) < 4.78 is 12.0. The van der Waals surface area contributed by atoms with E-state index in [4.69, 9.17) is 14.6 Å². The molecule has 0 amide bonds. The first-order chi connectivity index (χ1) is 15.1. The summed E-state index contributed by atoms with van der Waals surface area (Å²) in [7, 11) is 0. The van der Waals surface area contributed by atoms with Crippen LogP contribution in [-0.2, 0) is 0 Å². The van der Waals surface area contributed by atoms with E-state index in [0.717, 1.165) is 40.3 Å². The Morgan fingerprint density at radius 2 is 1.90 bits per heavy atom. The molecule has 0 aliphatic carbocycles. The van der Waals surface area contributed by atoms with Gasteiger partial charge in [-0.2, -0.15) is 5.10 Å². The summed E-state index contributed by atoms with van der Waals surface area (Å²) in [5.41, 5.74) is 3.94. The lowest BCUT2D eigenvalue weighted by Gasteiger charge is -2.38. The fourth-order valence-electron chi connectivity index (χ4n) is 4.11. The molecular formula is C24H21N3O4. The summed E-state index contributed by atoms with van der Waals surface area (Å²) in [6.45, 7) is 2.55. The predicted octanol–water partition coefficient (Wildman–Crippen LogP) is 5.24. The summed E-state index contributed by atoms with van der Waals surface area (Å²) in [6.07, 6.45) is 0.261. The number of fused-ring (bicyclic) bond motifs is 3. The highest BCUT2D eigenvalue weighted by Crippen LogP contribution is 2.48. The molecule has 5 rings (SSSR count). The van der Waals surface area contributed by atoms with Crippen molar-refractivity contribution in [2.75, 3.05) is 6.61 Å². The monoisotopic (exact) mass is 415 g/mol. The van der Waals surface area contributed by atoms with E-state index in [1.54, 1.807) is 12.1 Å². The molecule has 2 heterocycles. The summed E-state index contributed by atoms with van der Waals surface area (Å²) >= 11 is 0. The molecule has 2 aliphatic rings. The minimum absolute atomic E-state index is 0.0143. The van der Waals surface area contributed by atoms with Crippen molar-refractivity contribution in [3.8, 4) is 11.5 Å². The van der Waals surface area contributed by atoms with Gasteiger partial charge in [0, 0.05) is 29.7 Å². The van der Waals surface area contributed by atoms with Crippen LogP contribution in [0.4, 0.5) is 5.69 Å². The molecule has 0 N–H and O–H groups in total. The van der Waals surface area contributed by atoms with Crippen molar-refractivity contribution in [2.24, 2.45) is 5.10 Å². The molecule has 0 fully saturated rings. The second kappa shape index (κ2) is 7.75. The molecule has 7 heteroatoms. The van der Waals surface area contributed by atoms with Crippen LogP contribution in [-0.4, -0.2) is 22.3 Å². The second-order valence-electron chi connectivity index (χ2n) is 7.46. The van der Waals surface area contributed by atoms with Gasteiger partial charge in [-0.05, 0) is 42.8 Å². The van der Waals surface area contributed by atoms with Crippen LogP contribution in [0.25, 0.3) is 0 Å². The Bertz CT molecular complexity index is 1150. The van der Waals surface area contributed by atoms with E-state index < -0.39 is 11.2 Å². The minimum atomic E-state index is -0.475. The van der Waals surface area contributed by atoms with Crippen LogP contribution in [0, 0.1) is 10.1 Å². The SMILES string of the molecule is CCOc1ccc2c(c1)C1CC(c3ccccc3)=NN1C(c1ccc([N+](=O)[O-])cc1)O2. The molecule has 0 aromatic heterocycles. The van der Waals surface area contributed by atoms with Crippen molar-refractivity contribution in [3.05, 3.63) is 99.6 Å². The van der Waals surface area contributed by atoms with E-state index in [2.05, 4.69) is 12.1 Å². The van der Waals surface area contributed by atoms with E-state index in [9.17, 15) is 10.1 Å². The molecule has 3 aromatic carbocycles. The summed E-state index contributed by atoms with van der Waals surface area (Å²) in [5, 5.41) is 17.9. The highest BCUT2D eigenvalue weighted by atomic mass is 16.6. The molecule has 0 saturated carbocycles. The lowest BCUT2D eigenvalue weighted by atomic mass is 9.95. The van der Waals surface area contributed by atoms with Crippen LogP contribution in [0.2, 0.25) is 0 Å². The summed E-state index contributed by atoms with van der Waals surface area (Å²) in [4.78, 5) is 10.6. The lowest BCUT2D eigenvalue weighted by Crippen LogP contribution is -2.33. The zero-order valence-electron chi connectivity index (χ0n) is 17.0. The van der Waals surface area contributed by atoms with Gasteiger partial charge in [-0.3, -0.25) is 10.1 Å². The smallest absolute Gasteiger partial charge is 0.269 e. The molecule has 2 unspecified atom stereocenters. The van der Waals surface area contributed by atoms with Gasteiger partial charge in [0.25, 0.3) is 5.69 Å². The van der Waals surface area contributed by atoms with Crippen LogP contribution < -0.4 is 9.47 Å². The van der Waals surface area contributed by atoms with Gasteiger partial charge in [0.15, 0.2) is 0 Å². The first-order valence-corrected chi connectivity index (χ1v) is 10.2. The molecule has 2 aliphatic heterocycles. The van der Waals surface area contributed by atoms with Crippen LogP contribution in [0.1, 0.15) is 42.3 Å². The Kier molecular flexibility index (Phi) is 4.78. The average Bonchev–Trinajstić information content (AvgIpc) is 3.25. The van der Waals surface area contributed by atoms with Gasteiger partial charge in [-0.15, -0.1) is 0 Å². The quantitative estimate of drug-likeness (QED) is 0.421. The van der Waals surface area contributed by atoms with Crippen molar-refractivity contribution in [3.63, 3.8) is 0 Å². The fraction of sp³-hybridized carbons (Fsp3) is 0.208. The molecule has 0 spiro atoms. The molecule has 3 aromatic rings. The normalized spacial score (nSPS) is 19.1. The van der Waals surface area contributed by atoms with Gasteiger partial charge in [0.05, 0.1) is 23.3 Å². The van der Waals surface area contributed by atoms with Crippen molar-refractivity contribution < 1.29 is 14.4 Å². The molecule has 156 valence electrons. The Morgan fingerprint density at radius 1 is 1.13 bits per heavy atom. The Hall–Kier alpha value is -3.87. The molecule has 0 saturated heterocycles. The predicted molar refractivity (Wildman–Crippen MR) is 116 cm³/mol. The van der Waals surface area contributed by atoms with Crippen molar-refractivity contribution in [1.29, 1.82) is 0 Å². The highest BCUT2D eigenvalue weighted by molar-refractivity contribution is 6.01. The minimum Gasteiger partial charge on any atom is -0.494 e. The number of hydrazone groups is 1. The molecule has 7 nitrogen and oxygen atoms in total. The molecule has 2 atom stereocenters. The maximum atomic E-state index is 11.0. The summed E-state index contributed by atoms with van der Waals surface area (Å²) in [5.74, 6) is 1.57. The van der Waals surface area contributed by atoms with Crippen molar-refractivity contribution >= 4 is 11.4 Å². The number of hydrogen-bond donors (Lipinski definition) is 0. The third-order valence-corrected chi connectivity index (χ3v) is 5.57. The zero-order chi connectivity index (χ0) is 21.4. The lowest BCUT2D eigenvalue weighted by molar-refractivity contribution is -0.384. The van der Waals surface area contributed by atoms with E-state index in [-0.39, 0.29) is 11.7 Å². The second-order valence-corrected chi connectivity index (χ2v) is 7.46. The molecule has 31 heavy (non-hydrogen) atoms. The number of nitro groups is 1. The van der Waals surface area contributed by atoms with Crippen LogP contribution in [0.3, 0.4) is 0 Å². The number of non-ortho nitro benzene ring substituents is 1. The first kappa shape index (κ1) is 19.1. The number of hydrogen-bond acceptors (Lipinski definition) is 6. The van der Waals surface area contributed by atoms with E-state index in [1.807, 2.05) is 48.3 Å². The number of benzene rings is 3. The molecule has 0 radical (unpaired) electrons. The maximum absolute atomic E-state index is 11.0. The van der Waals surface area contributed by atoms with Gasteiger partial charge >= 0.3 is 0 Å². The number of ether oxygens (including phenoxy) is 2. The van der Waals surface area contributed by atoms with Crippen molar-refractivity contribution in [2.45, 2.75) is 25.6 Å². The Labute approximate surface area is 179 Å². The maximum Gasteiger partial charge on any atom is 0.269 e. The number of nitro benzene ring substituents is 1. The van der Waals surface area contributed by atoms with Crippen LogP contribution in [0.15, 0.2) is 77.9 Å². The molecule has 0 bridgehead atoms. The van der Waals surface area contributed by atoms with Gasteiger partial charge in [0.1, 0.15) is 11.5 Å². The van der Waals surface area contributed by atoms with Gasteiger partial charge in [-0.1, -0.05) is 30.3 Å². The molecular weight excluding hydrogens is 394 g/mol. The topological polar surface area (TPSA) is 77.2 Å². The first-order valence-electron chi connectivity index (χ1n) is 10.2. The highest BCUT2D eigenvalue weighted by Gasteiger charge is 2.41. The van der Waals surface area contributed by atoms with Crippen LogP contribution in [0.5, 0.6) is 11.5 Å². The fourth-order valence-corrected chi connectivity index (χ4v) is 4.11. The standard InChI is InChI=1S/C24H21N3O4/c1-2-30-19-12-13-23-20(14-19)22-15-21(16-6-4-3-5-7-16)25-26(22)24(31-23)17-8-10-18(11-9-17)27(28)29/h3-14,22,24H,2,15H2,1H3. The van der Waals surface area contributed by atoms with Gasteiger partial charge in [-0.25, -0.2) is 5.01 Å². The van der Waals surface area contributed by atoms with Crippen molar-refractivity contribution in [1.82, 2.24) is 5.01 Å². The Balaban J connectivity index is 1.57. The average molecular weight is 415 g/mol. The summed E-state index contributed by atoms with van der Waals surface area (Å²) in [6, 6.07) is 22.4. The zero-order valence-corrected chi connectivity index (χ0v) is 17.0. The van der Waals surface area contributed by atoms with Gasteiger partial charge < -0.3 is 9.47 Å². The number of nitrogens with zero attached hydrogens (tertiary/aromatic N) is 3. The third-order valence-electron chi connectivity index (χ3n) is 5.57. The number of rotatable bonds is 5. The van der Waals surface area contributed by atoms with E-state index in [0.29, 0.717) is 6.61 Å². The van der Waals surface area contributed by atoms with E-state index >= 15 is 0 Å². The van der Waals surface area contributed by atoms with Crippen LogP contribution >= 0.6 is 0 Å².